The quantitative estimate of drug-likeness (QED) is 0.518. The molecule has 4 saturated carbocycles. The van der Waals surface area contributed by atoms with Gasteiger partial charge in [-0.1, -0.05) is 26.0 Å². The first kappa shape index (κ1) is 23.4. The predicted octanol–water partition coefficient (Wildman–Crippen LogP) is 6.18. The molecule has 1 spiro atoms. The first-order valence-corrected chi connectivity index (χ1v) is 13.9. The topological polar surface area (TPSA) is 55.8 Å². The molecule has 1 aromatic rings. The molecule has 1 heterocycles. The molecule has 4 aliphatic carbocycles. The van der Waals surface area contributed by atoms with Gasteiger partial charge >= 0.3 is 6.09 Å². The van der Waals surface area contributed by atoms with Gasteiger partial charge in [0.15, 0.2) is 0 Å². The zero-order chi connectivity index (χ0) is 24.4. The maximum absolute atomic E-state index is 12.8. The molecule has 0 radical (unpaired) electrons. The number of fused-ring (bicyclic) bond motifs is 5. The number of carbonyl (C=O) groups is 2. The number of hydrogen-bond acceptors (Lipinski definition) is 4. The average Bonchev–Trinajstić information content (AvgIpc) is 3.30. The highest BCUT2D eigenvalue weighted by Crippen LogP contribution is 2.66. The molecule has 0 aromatic heterocycles. The Kier molecular flexibility index (Phi) is 5.50. The summed E-state index contributed by atoms with van der Waals surface area (Å²) in [6.45, 7) is 8.60. The highest BCUT2D eigenvalue weighted by atomic mass is 16.6. The Morgan fingerprint density at radius 3 is 2.74 bits per heavy atom. The summed E-state index contributed by atoms with van der Waals surface area (Å²) in [5.74, 6) is 4.01. The molecule has 0 bridgehead atoms. The van der Waals surface area contributed by atoms with Crippen molar-refractivity contribution in [3.05, 3.63) is 29.8 Å². The van der Waals surface area contributed by atoms with Crippen LogP contribution in [-0.4, -0.2) is 42.1 Å². The number of amides is 1. The van der Waals surface area contributed by atoms with Gasteiger partial charge in [0.05, 0.1) is 13.1 Å². The van der Waals surface area contributed by atoms with E-state index in [0.717, 1.165) is 50.2 Å². The van der Waals surface area contributed by atoms with Gasteiger partial charge in [-0.25, -0.2) is 4.79 Å². The lowest BCUT2D eigenvalue weighted by Gasteiger charge is -2.61. The van der Waals surface area contributed by atoms with E-state index >= 15 is 0 Å². The van der Waals surface area contributed by atoms with Crippen molar-refractivity contribution in [2.24, 2.45) is 34.5 Å². The van der Waals surface area contributed by atoms with Crippen molar-refractivity contribution in [2.45, 2.75) is 84.2 Å². The molecule has 5 nitrogen and oxygen atoms in total. The highest BCUT2D eigenvalue weighted by molar-refractivity contribution is 5.87. The van der Waals surface area contributed by atoms with Gasteiger partial charge in [0.25, 0.3) is 0 Å². The Labute approximate surface area is 209 Å². The van der Waals surface area contributed by atoms with Crippen LogP contribution in [0.4, 0.5) is 4.79 Å². The van der Waals surface area contributed by atoms with Crippen LogP contribution in [0.5, 0.6) is 5.75 Å². The van der Waals surface area contributed by atoms with Crippen LogP contribution in [0.25, 0.3) is 0 Å². The normalized spacial score (nSPS) is 42.4. The fraction of sp³-hybridized carbons (Fsp3) is 0.733. The van der Waals surface area contributed by atoms with Crippen molar-refractivity contribution in [2.75, 3.05) is 19.7 Å². The first-order valence-electron chi connectivity index (χ1n) is 13.9. The zero-order valence-corrected chi connectivity index (χ0v) is 21.7. The number of ether oxygens (including phenoxy) is 2. The molecule has 1 saturated heterocycles. The van der Waals surface area contributed by atoms with Gasteiger partial charge in [-0.15, -0.1) is 0 Å². The Morgan fingerprint density at radius 1 is 1.06 bits per heavy atom. The molecular formula is C30H41NO4. The average molecular weight is 480 g/mol. The third kappa shape index (κ3) is 3.71. The van der Waals surface area contributed by atoms with Crippen LogP contribution in [-0.2, 0) is 9.53 Å². The van der Waals surface area contributed by atoms with Gasteiger partial charge in [0, 0.05) is 11.8 Å². The Balaban J connectivity index is 1.10. The maximum atomic E-state index is 12.8. The Bertz CT molecular complexity index is 1020. The van der Waals surface area contributed by atoms with Crippen molar-refractivity contribution in [1.29, 1.82) is 0 Å². The third-order valence-electron chi connectivity index (χ3n) is 11.2. The fourth-order valence-corrected chi connectivity index (χ4v) is 9.16. The van der Waals surface area contributed by atoms with Gasteiger partial charge in [-0.05, 0) is 105 Å². The molecule has 0 N–H and O–H groups in total. The summed E-state index contributed by atoms with van der Waals surface area (Å²) >= 11 is 0. The Morgan fingerprint density at radius 2 is 1.91 bits per heavy atom. The van der Waals surface area contributed by atoms with E-state index in [9.17, 15) is 9.59 Å². The molecule has 5 heteroatoms. The maximum Gasteiger partial charge on any atom is 0.410 e. The highest BCUT2D eigenvalue weighted by Gasteiger charge is 2.62. The number of aryl methyl sites for hydroxylation is 1. The van der Waals surface area contributed by atoms with E-state index in [2.05, 4.69) is 26.8 Å². The van der Waals surface area contributed by atoms with Crippen LogP contribution in [0, 0.1) is 41.4 Å². The van der Waals surface area contributed by atoms with Gasteiger partial charge in [-0.2, -0.15) is 0 Å². The van der Waals surface area contributed by atoms with Crippen LogP contribution in [0.3, 0.4) is 0 Å². The van der Waals surface area contributed by atoms with Gasteiger partial charge in [-0.3, -0.25) is 4.79 Å². The minimum Gasteiger partial charge on any atom is -0.492 e. The summed E-state index contributed by atoms with van der Waals surface area (Å²) < 4.78 is 12.1. The molecule has 7 atom stereocenters. The first-order chi connectivity index (χ1) is 16.7. The molecule has 1 aliphatic heterocycles. The minimum absolute atomic E-state index is 0.0533. The Hall–Kier alpha value is -2.04. The summed E-state index contributed by atoms with van der Waals surface area (Å²) in [4.78, 5) is 27.4. The van der Waals surface area contributed by atoms with Crippen LogP contribution in [0.2, 0.25) is 0 Å². The molecule has 1 amide bonds. The molecule has 5 fully saturated rings. The van der Waals surface area contributed by atoms with Gasteiger partial charge in [0.1, 0.15) is 23.7 Å². The van der Waals surface area contributed by atoms with E-state index in [1.54, 1.807) is 0 Å². The number of hydrogen-bond donors (Lipinski definition) is 0. The van der Waals surface area contributed by atoms with Crippen molar-refractivity contribution >= 4 is 11.9 Å². The molecule has 1 aromatic carbocycles. The fourth-order valence-electron chi connectivity index (χ4n) is 9.16. The predicted molar refractivity (Wildman–Crippen MR) is 134 cm³/mol. The van der Waals surface area contributed by atoms with Crippen molar-refractivity contribution in [3.63, 3.8) is 0 Å². The molecular weight excluding hydrogens is 438 g/mol. The number of rotatable bonds is 4. The van der Waals surface area contributed by atoms with E-state index in [1.807, 2.05) is 23.1 Å². The van der Waals surface area contributed by atoms with E-state index in [-0.39, 0.29) is 17.1 Å². The van der Waals surface area contributed by atoms with E-state index in [4.69, 9.17) is 9.47 Å². The van der Waals surface area contributed by atoms with Crippen LogP contribution < -0.4 is 4.74 Å². The van der Waals surface area contributed by atoms with Crippen molar-refractivity contribution in [1.82, 2.24) is 4.90 Å². The van der Waals surface area contributed by atoms with E-state index < -0.39 is 0 Å². The lowest BCUT2D eigenvalue weighted by Crippen LogP contribution is -2.56. The summed E-state index contributed by atoms with van der Waals surface area (Å²) in [7, 11) is 0. The second-order valence-electron chi connectivity index (χ2n) is 12.9. The molecule has 190 valence electrons. The SMILES string of the molecule is Cc1cccc(OCCN2C[C@]3(CC[C@@]4(C)[C@@H](CC[C@@H]5[C@@H]4CC[C@]4(C)C(=O)CC[C@@H]54)C3)OC2=O)c1. The zero-order valence-electron chi connectivity index (χ0n) is 21.7. The third-order valence-corrected chi connectivity index (χ3v) is 11.2. The van der Waals surface area contributed by atoms with E-state index in [1.165, 1.54) is 24.8 Å². The van der Waals surface area contributed by atoms with Gasteiger partial charge in [0.2, 0.25) is 0 Å². The lowest BCUT2D eigenvalue weighted by atomic mass is 9.44. The summed E-state index contributed by atoms with van der Waals surface area (Å²) in [6.07, 6.45) is 9.57. The number of benzene rings is 1. The van der Waals surface area contributed by atoms with E-state index in [0.29, 0.717) is 48.6 Å². The molecule has 0 unspecified atom stereocenters. The second kappa shape index (κ2) is 8.24. The lowest BCUT2D eigenvalue weighted by molar-refractivity contribution is -0.149. The number of ketones is 1. The number of carbonyl (C=O) groups excluding carboxylic acids is 2. The standard InChI is InChI=1S/C30H41NO4/c1-20-5-4-6-22(17-20)34-16-15-31-19-30(35-27(31)33)14-13-28(2)21(18-30)7-8-23-24-9-10-26(32)29(24,3)12-11-25(23)28/h4-6,17,21,23-25H,7-16,18-19H2,1-3H3/t21-,23-,24-,25-,28-,29-,30+/m0/s1. The minimum atomic E-state index is -0.329. The van der Waals surface area contributed by atoms with Crippen molar-refractivity contribution in [3.8, 4) is 5.75 Å². The van der Waals surface area contributed by atoms with Gasteiger partial charge < -0.3 is 14.4 Å². The van der Waals surface area contributed by atoms with Crippen molar-refractivity contribution < 1.29 is 19.1 Å². The molecule has 35 heavy (non-hydrogen) atoms. The summed E-state index contributed by atoms with van der Waals surface area (Å²) in [6, 6.07) is 8.04. The second-order valence-corrected chi connectivity index (χ2v) is 12.9. The van der Waals surface area contributed by atoms with Crippen LogP contribution in [0.1, 0.15) is 77.2 Å². The van der Waals surface area contributed by atoms with Crippen LogP contribution in [0.15, 0.2) is 24.3 Å². The summed E-state index contributed by atoms with van der Waals surface area (Å²) in [5.41, 5.74) is 1.10. The number of nitrogens with zero attached hydrogens (tertiary/aromatic N) is 1. The monoisotopic (exact) mass is 479 g/mol. The molecule has 6 rings (SSSR count). The summed E-state index contributed by atoms with van der Waals surface area (Å²) in [5, 5.41) is 0. The smallest absolute Gasteiger partial charge is 0.410 e. The largest absolute Gasteiger partial charge is 0.492 e. The number of Topliss-reactive ketones (excluding diaryl/α,β-unsaturated/α-hetero) is 1. The van der Waals surface area contributed by atoms with Crippen LogP contribution >= 0.6 is 0 Å². The molecule has 5 aliphatic rings.